The summed E-state index contributed by atoms with van der Waals surface area (Å²) in [5.74, 6) is -0.453. The maximum Gasteiger partial charge on any atom is 0.330 e. The van der Waals surface area contributed by atoms with Gasteiger partial charge in [-0.2, -0.15) is 0 Å². The molecule has 0 aliphatic heterocycles. The molecule has 0 aliphatic carbocycles. The maximum atomic E-state index is 11.8. The molecule has 6 nitrogen and oxygen atoms in total. The zero-order valence-electron chi connectivity index (χ0n) is 12.3. The van der Waals surface area contributed by atoms with Crippen LogP contribution in [0, 0.1) is 15.5 Å². The van der Waals surface area contributed by atoms with E-state index in [9.17, 15) is 14.9 Å². The van der Waals surface area contributed by atoms with Crippen LogP contribution >= 0.6 is 35.6 Å². The van der Waals surface area contributed by atoms with Crippen molar-refractivity contribution < 1.29 is 14.6 Å². The number of hydroxylamine groups is 1. The van der Waals surface area contributed by atoms with Gasteiger partial charge in [-0.05, 0) is 26.3 Å². The van der Waals surface area contributed by atoms with E-state index in [1.54, 1.807) is 13.8 Å². The third-order valence-corrected chi connectivity index (χ3v) is 4.06. The number of benzene rings is 1. The first-order valence-electron chi connectivity index (χ1n) is 6.26. The van der Waals surface area contributed by atoms with E-state index in [-0.39, 0.29) is 40.2 Å². The third-order valence-electron chi connectivity index (χ3n) is 3.22. The summed E-state index contributed by atoms with van der Waals surface area (Å²) in [4.78, 5) is 27.1. The average molecular weight is 372 g/mol. The van der Waals surface area contributed by atoms with Crippen molar-refractivity contribution in [1.82, 2.24) is 5.48 Å². The van der Waals surface area contributed by atoms with E-state index in [0.717, 1.165) is 0 Å². The quantitative estimate of drug-likeness (QED) is 0.595. The van der Waals surface area contributed by atoms with Crippen LogP contribution in [0.2, 0.25) is 10.0 Å². The number of nitro benzene ring substituents is 1. The van der Waals surface area contributed by atoms with Gasteiger partial charge in [-0.1, -0.05) is 30.1 Å². The van der Waals surface area contributed by atoms with Crippen LogP contribution in [0.25, 0.3) is 0 Å². The molecule has 0 aromatic heterocycles. The van der Waals surface area contributed by atoms with Gasteiger partial charge in [0.1, 0.15) is 0 Å². The third kappa shape index (κ3) is 4.98. The van der Waals surface area contributed by atoms with E-state index in [1.165, 1.54) is 12.1 Å². The highest BCUT2D eigenvalue weighted by atomic mass is 35.5. The maximum absolute atomic E-state index is 11.8. The molecule has 0 heterocycles. The molecule has 0 saturated heterocycles. The zero-order chi connectivity index (χ0) is 16.2. The Labute approximate surface area is 144 Å². The number of halogens is 3. The summed E-state index contributed by atoms with van der Waals surface area (Å²) >= 11 is 11.8. The number of carbonyl (C=O) groups excluding carboxylic acids is 1. The summed E-state index contributed by atoms with van der Waals surface area (Å²) in [6, 6.07) is 2.60. The van der Waals surface area contributed by atoms with Gasteiger partial charge in [-0.25, -0.2) is 4.79 Å². The zero-order valence-corrected chi connectivity index (χ0v) is 14.6. The summed E-state index contributed by atoms with van der Waals surface area (Å²) < 4.78 is 0. The fraction of sp³-hybridized carbons (Fsp3) is 0.462. The lowest BCUT2D eigenvalue weighted by atomic mass is 9.91. The average Bonchev–Trinajstić information content (AvgIpc) is 2.42. The minimum absolute atomic E-state index is 0. The first-order valence-corrected chi connectivity index (χ1v) is 7.01. The fourth-order valence-corrected chi connectivity index (χ4v) is 1.78. The van der Waals surface area contributed by atoms with Crippen molar-refractivity contribution in [3.63, 3.8) is 0 Å². The highest BCUT2D eigenvalue weighted by Gasteiger charge is 2.28. The molecule has 1 rings (SSSR count). The molecule has 0 atom stereocenters. The summed E-state index contributed by atoms with van der Waals surface area (Å²) in [6.07, 6.45) is 0.603. The minimum atomic E-state index is -0.642. The van der Waals surface area contributed by atoms with Gasteiger partial charge in [0.25, 0.3) is 5.69 Å². The molecule has 0 radical (unpaired) electrons. The van der Waals surface area contributed by atoms with Crippen LogP contribution < -0.4 is 5.48 Å². The van der Waals surface area contributed by atoms with Gasteiger partial charge in [0, 0.05) is 6.07 Å². The molecule has 0 aliphatic rings. The Balaban J connectivity index is 0.00000441. The molecule has 0 amide bonds. The molecule has 0 unspecified atom stereocenters. The van der Waals surface area contributed by atoms with Crippen molar-refractivity contribution in [1.29, 1.82) is 0 Å². The van der Waals surface area contributed by atoms with Crippen molar-refractivity contribution in [2.24, 2.45) is 5.41 Å². The first kappa shape index (κ1) is 20.9. The highest BCUT2D eigenvalue weighted by Crippen LogP contribution is 2.32. The van der Waals surface area contributed by atoms with Gasteiger partial charge in [0.2, 0.25) is 0 Å². The Bertz CT molecular complexity index is 564. The first-order chi connectivity index (χ1) is 9.70. The lowest BCUT2D eigenvalue weighted by molar-refractivity contribution is -0.385. The van der Waals surface area contributed by atoms with E-state index in [0.29, 0.717) is 6.42 Å². The van der Waals surface area contributed by atoms with Crippen molar-refractivity contribution >= 4 is 47.3 Å². The summed E-state index contributed by atoms with van der Waals surface area (Å²) in [6.45, 7) is 5.23. The SMILES string of the molecule is CCC(C)(C)C(=O)ONCc1c([N+](=O)[O-])ccc(Cl)c1Cl.Cl. The monoisotopic (exact) mass is 370 g/mol. The fourth-order valence-electron chi connectivity index (χ4n) is 1.38. The summed E-state index contributed by atoms with van der Waals surface area (Å²) in [5, 5.41) is 11.2. The molecule has 1 aromatic rings. The molecular formula is C13H17Cl3N2O4. The number of nitro groups is 1. The topological polar surface area (TPSA) is 81.5 Å². The molecular weight excluding hydrogens is 355 g/mol. The Morgan fingerprint density at radius 3 is 2.50 bits per heavy atom. The summed E-state index contributed by atoms with van der Waals surface area (Å²) in [5.41, 5.74) is 1.74. The number of rotatable bonds is 6. The van der Waals surface area contributed by atoms with Crippen LogP contribution in [0.1, 0.15) is 32.8 Å². The Hall–Kier alpha value is -1.08. The van der Waals surface area contributed by atoms with Crippen molar-refractivity contribution in [3.8, 4) is 0 Å². The molecule has 1 N–H and O–H groups in total. The van der Waals surface area contributed by atoms with Gasteiger partial charge >= 0.3 is 5.97 Å². The van der Waals surface area contributed by atoms with Crippen molar-refractivity contribution in [2.45, 2.75) is 33.7 Å². The van der Waals surface area contributed by atoms with Crippen LogP contribution in [0.5, 0.6) is 0 Å². The number of carbonyl (C=O) groups is 1. The number of hydrogen-bond donors (Lipinski definition) is 1. The van der Waals surface area contributed by atoms with Crippen molar-refractivity contribution in [2.75, 3.05) is 0 Å². The largest absolute Gasteiger partial charge is 0.370 e. The van der Waals surface area contributed by atoms with Gasteiger partial charge in [-0.15, -0.1) is 17.9 Å². The van der Waals surface area contributed by atoms with Crippen LogP contribution in [-0.2, 0) is 16.2 Å². The van der Waals surface area contributed by atoms with Gasteiger partial charge < -0.3 is 4.84 Å². The number of hydrogen-bond acceptors (Lipinski definition) is 5. The smallest absolute Gasteiger partial charge is 0.330 e. The number of nitrogens with zero attached hydrogens (tertiary/aromatic N) is 1. The molecule has 0 spiro atoms. The normalized spacial score (nSPS) is 10.8. The molecule has 22 heavy (non-hydrogen) atoms. The summed E-state index contributed by atoms with van der Waals surface area (Å²) in [7, 11) is 0. The van der Waals surface area contributed by atoms with E-state index < -0.39 is 16.3 Å². The molecule has 1 aromatic carbocycles. The molecule has 0 bridgehead atoms. The Morgan fingerprint density at radius 1 is 1.41 bits per heavy atom. The lowest BCUT2D eigenvalue weighted by Gasteiger charge is -2.20. The minimum Gasteiger partial charge on any atom is -0.370 e. The van der Waals surface area contributed by atoms with E-state index in [2.05, 4.69) is 5.48 Å². The standard InChI is InChI=1S/C13H16Cl2N2O4.ClH/c1-4-13(2,3)12(18)21-16-7-8-10(17(19)20)6-5-9(14)11(8)15;/h5-6,16H,4,7H2,1-3H3;1H. The van der Waals surface area contributed by atoms with E-state index in [1.807, 2.05) is 6.92 Å². The van der Waals surface area contributed by atoms with E-state index >= 15 is 0 Å². The molecule has 9 heteroatoms. The van der Waals surface area contributed by atoms with Crippen molar-refractivity contribution in [3.05, 3.63) is 37.9 Å². The lowest BCUT2D eigenvalue weighted by Crippen LogP contribution is -2.31. The van der Waals surface area contributed by atoms with Gasteiger partial charge in [0.15, 0.2) is 0 Å². The Morgan fingerprint density at radius 2 is 2.00 bits per heavy atom. The predicted octanol–water partition coefficient (Wildman–Crippen LogP) is 4.31. The predicted molar refractivity (Wildman–Crippen MR) is 87.4 cm³/mol. The second-order valence-corrected chi connectivity index (χ2v) is 5.85. The molecule has 124 valence electrons. The van der Waals surface area contributed by atoms with Gasteiger partial charge in [-0.3, -0.25) is 10.1 Å². The van der Waals surface area contributed by atoms with Gasteiger partial charge in [0.05, 0.1) is 32.5 Å². The Kier molecular flexibility index (Phi) is 8.11. The number of nitrogens with one attached hydrogen (secondary N) is 1. The van der Waals surface area contributed by atoms with Crippen LogP contribution in [0.15, 0.2) is 12.1 Å². The van der Waals surface area contributed by atoms with Crippen LogP contribution in [0.3, 0.4) is 0 Å². The highest BCUT2D eigenvalue weighted by molar-refractivity contribution is 6.42. The second kappa shape index (κ2) is 8.53. The molecule has 0 saturated carbocycles. The van der Waals surface area contributed by atoms with E-state index in [4.69, 9.17) is 28.0 Å². The van der Waals surface area contributed by atoms with Crippen LogP contribution in [0.4, 0.5) is 5.69 Å². The molecule has 0 fully saturated rings. The second-order valence-electron chi connectivity index (χ2n) is 5.06. The van der Waals surface area contributed by atoms with Crippen LogP contribution in [-0.4, -0.2) is 10.9 Å².